The van der Waals surface area contributed by atoms with Gasteiger partial charge in [-0.3, -0.25) is 4.79 Å². The van der Waals surface area contributed by atoms with E-state index in [1.807, 2.05) is 0 Å². The van der Waals surface area contributed by atoms with E-state index in [4.69, 9.17) is 33.7 Å². The summed E-state index contributed by atoms with van der Waals surface area (Å²) < 4.78 is 4.89. The molecule has 0 saturated heterocycles. The van der Waals surface area contributed by atoms with Crippen LogP contribution in [0.3, 0.4) is 0 Å². The topological polar surface area (TPSA) is 81.4 Å². The Labute approximate surface area is 133 Å². The first kappa shape index (κ1) is 17.6. The molecular weight excluding hydrogens is 315 g/mol. The van der Waals surface area contributed by atoms with Crippen molar-refractivity contribution in [2.24, 2.45) is 5.92 Å². The maximum atomic E-state index is 11.9. The molecule has 0 aliphatic rings. The second kappa shape index (κ2) is 8.10. The second-order valence-electron chi connectivity index (χ2n) is 4.96. The lowest BCUT2D eigenvalue weighted by Gasteiger charge is -2.10. The van der Waals surface area contributed by atoms with E-state index in [0.717, 1.165) is 6.42 Å². The number of nitrogen functional groups attached to an aromatic ring is 1. The minimum absolute atomic E-state index is 0.0440. The predicted molar refractivity (Wildman–Crippen MR) is 83.6 cm³/mol. The quantitative estimate of drug-likeness (QED) is 0.619. The first-order valence-electron chi connectivity index (χ1n) is 6.49. The van der Waals surface area contributed by atoms with Gasteiger partial charge in [0.05, 0.1) is 16.3 Å². The molecule has 0 radical (unpaired) electrons. The number of carbonyl (C=O) groups excluding carboxylic acids is 2. The van der Waals surface area contributed by atoms with Crippen LogP contribution in [0.15, 0.2) is 12.1 Å². The zero-order chi connectivity index (χ0) is 16.0. The third-order valence-corrected chi connectivity index (χ3v) is 3.22. The number of amides is 1. The van der Waals surface area contributed by atoms with Gasteiger partial charge in [0.15, 0.2) is 6.61 Å². The number of halogens is 2. The van der Waals surface area contributed by atoms with E-state index < -0.39 is 5.97 Å². The monoisotopic (exact) mass is 332 g/mol. The van der Waals surface area contributed by atoms with Gasteiger partial charge in [0.2, 0.25) is 0 Å². The van der Waals surface area contributed by atoms with Crippen molar-refractivity contribution in [2.45, 2.75) is 20.3 Å². The molecule has 7 heteroatoms. The zero-order valence-corrected chi connectivity index (χ0v) is 13.4. The van der Waals surface area contributed by atoms with Crippen LogP contribution in [0.25, 0.3) is 0 Å². The van der Waals surface area contributed by atoms with Crippen molar-refractivity contribution in [3.05, 3.63) is 27.7 Å². The molecule has 116 valence electrons. The average Bonchev–Trinajstić information content (AvgIpc) is 2.39. The predicted octanol–water partition coefficient (Wildman–Crippen LogP) is 2.89. The lowest BCUT2D eigenvalue weighted by molar-refractivity contribution is -0.124. The maximum Gasteiger partial charge on any atom is 0.340 e. The lowest BCUT2D eigenvalue weighted by atomic mass is 10.1. The fourth-order valence-electron chi connectivity index (χ4n) is 1.51. The Hall–Kier alpha value is -1.46. The molecule has 0 bridgehead atoms. The van der Waals surface area contributed by atoms with Crippen molar-refractivity contribution >= 4 is 40.8 Å². The van der Waals surface area contributed by atoms with Gasteiger partial charge < -0.3 is 15.8 Å². The fourth-order valence-corrected chi connectivity index (χ4v) is 2.01. The third-order valence-electron chi connectivity index (χ3n) is 2.69. The number of ether oxygens (including phenoxy) is 1. The molecule has 5 nitrogen and oxygen atoms in total. The van der Waals surface area contributed by atoms with Gasteiger partial charge in [-0.05, 0) is 24.5 Å². The molecular formula is C14H18Cl2N2O3. The zero-order valence-electron chi connectivity index (χ0n) is 11.9. The molecule has 0 atom stereocenters. The van der Waals surface area contributed by atoms with Crippen molar-refractivity contribution in [1.29, 1.82) is 0 Å². The summed E-state index contributed by atoms with van der Waals surface area (Å²) in [5.74, 6) is -0.618. The average molecular weight is 333 g/mol. The summed E-state index contributed by atoms with van der Waals surface area (Å²) in [5.41, 5.74) is 5.80. The molecule has 0 aliphatic heterocycles. The molecule has 0 saturated carbocycles. The van der Waals surface area contributed by atoms with E-state index in [1.54, 1.807) is 0 Å². The SMILES string of the molecule is CC(C)CCNC(=O)COC(=O)c1cc(Cl)cc(Cl)c1N. The molecule has 3 N–H and O–H groups in total. The first-order valence-corrected chi connectivity index (χ1v) is 7.25. The Morgan fingerprint density at radius 1 is 1.33 bits per heavy atom. The number of esters is 1. The molecule has 1 amide bonds. The smallest absolute Gasteiger partial charge is 0.340 e. The number of anilines is 1. The van der Waals surface area contributed by atoms with Crippen LogP contribution >= 0.6 is 23.2 Å². The van der Waals surface area contributed by atoms with E-state index in [2.05, 4.69) is 19.2 Å². The third kappa shape index (κ3) is 5.81. The Kier molecular flexibility index (Phi) is 6.78. The van der Waals surface area contributed by atoms with Crippen LogP contribution < -0.4 is 11.1 Å². The summed E-state index contributed by atoms with van der Waals surface area (Å²) in [6.07, 6.45) is 0.858. The molecule has 1 aromatic carbocycles. The van der Waals surface area contributed by atoms with Gasteiger partial charge in [0.25, 0.3) is 5.91 Å². The summed E-state index contributed by atoms with van der Waals surface area (Å²) in [5, 5.41) is 3.09. The van der Waals surface area contributed by atoms with Crippen molar-refractivity contribution in [3.63, 3.8) is 0 Å². The first-order chi connectivity index (χ1) is 9.81. The highest BCUT2D eigenvalue weighted by Crippen LogP contribution is 2.27. The van der Waals surface area contributed by atoms with Gasteiger partial charge in [-0.15, -0.1) is 0 Å². The molecule has 0 aromatic heterocycles. The van der Waals surface area contributed by atoms with E-state index in [0.29, 0.717) is 12.5 Å². The fraction of sp³-hybridized carbons (Fsp3) is 0.429. The number of hydrogen-bond donors (Lipinski definition) is 2. The van der Waals surface area contributed by atoms with E-state index in [9.17, 15) is 9.59 Å². The van der Waals surface area contributed by atoms with Crippen LogP contribution in [0.2, 0.25) is 10.0 Å². The molecule has 21 heavy (non-hydrogen) atoms. The Morgan fingerprint density at radius 3 is 2.62 bits per heavy atom. The van der Waals surface area contributed by atoms with E-state index in [1.165, 1.54) is 12.1 Å². The van der Waals surface area contributed by atoms with Crippen molar-refractivity contribution < 1.29 is 14.3 Å². The van der Waals surface area contributed by atoms with Crippen molar-refractivity contribution in [1.82, 2.24) is 5.32 Å². The van der Waals surface area contributed by atoms with E-state index >= 15 is 0 Å². The maximum absolute atomic E-state index is 11.9. The summed E-state index contributed by atoms with van der Waals surface area (Å²) in [7, 11) is 0. The number of rotatable bonds is 6. The molecule has 0 heterocycles. The van der Waals surface area contributed by atoms with Crippen molar-refractivity contribution in [3.8, 4) is 0 Å². The second-order valence-corrected chi connectivity index (χ2v) is 5.80. The Balaban J connectivity index is 2.53. The molecule has 0 aliphatic carbocycles. The van der Waals surface area contributed by atoms with Crippen molar-refractivity contribution in [2.75, 3.05) is 18.9 Å². The Bertz CT molecular complexity index is 533. The number of nitrogens with two attached hydrogens (primary N) is 1. The van der Waals surface area contributed by atoms with Gasteiger partial charge in [-0.1, -0.05) is 37.0 Å². The van der Waals surface area contributed by atoms with Crippen LogP contribution in [-0.2, 0) is 9.53 Å². The Morgan fingerprint density at radius 2 is 2.00 bits per heavy atom. The number of carbonyl (C=O) groups is 2. The summed E-state index contributed by atoms with van der Waals surface area (Å²) in [6, 6.07) is 2.77. The number of nitrogens with one attached hydrogen (secondary N) is 1. The highest BCUT2D eigenvalue weighted by atomic mass is 35.5. The molecule has 0 fully saturated rings. The standard InChI is InChI=1S/C14H18Cl2N2O3/c1-8(2)3-4-18-12(19)7-21-14(20)10-5-9(15)6-11(16)13(10)17/h5-6,8H,3-4,7,17H2,1-2H3,(H,18,19). The van der Waals surface area contributed by atoms with E-state index in [-0.39, 0.29) is 33.8 Å². The number of benzene rings is 1. The largest absolute Gasteiger partial charge is 0.452 e. The molecule has 0 spiro atoms. The highest BCUT2D eigenvalue weighted by molar-refractivity contribution is 6.37. The van der Waals surface area contributed by atoms with Gasteiger partial charge in [0.1, 0.15) is 0 Å². The molecule has 0 unspecified atom stereocenters. The molecule has 1 rings (SSSR count). The van der Waals surface area contributed by atoms with Crippen LogP contribution in [0, 0.1) is 5.92 Å². The highest BCUT2D eigenvalue weighted by Gasteiger charge is 2.16. The van der Waals surface area contributed by atoms with Gasteiger partial charge in [-0.25, -0.2) is 4.79 Å². The van der Waals surface area contributed by atoms with Crippen LogP contribution in [0.1, 0.15) is 30.6 Å². The van der Waals surface area contributed by atoms with Gasteiger partial charge >= 0.3 is 5.97 Å². The van der Waals surface area contributed by atoms with Crippen LogP contribution in [-0.4, -0.2) is 25.0 Å². The van der Waals surface area contributed by atoms with Crippen LogP contribution in [0.4, 0.5) is 5.69 Å². The normalized spacial score (nSPS) is 10.5. The van der Waals surface area contributed by atoms with Gasteiger partial charge in [0, 0.05) is 11.6 Å². The van der Waals surface area contributed by atoms with Gasteiger partial charge in [-0.2, -0.15) is 0 Å². The molecule has 1 aromatic rings. The van der Waals surface area contributed by atoms with Crippen LogP contribution in [0.5, 0.6) is 0 Å². The summed E-state index contributed by atoms with van der Waals surface area (Å²) in [4.78, 5) is 23.4. The number of hydrogen-bond acceptors (Lipinski definition) is 4. The minimum atomic E-state index is -0.740. The minimum Gasteiger partial charge on any atom is -0.452 e. The lowest BCUT2D eigenvalue weighted by Crippen LogP contribution is -2.30. The summed E-state index contributed by atoms with van der Waals surface area (Å²) >= 11 is 11.6. The summed E-state index contributed by atoms with van der Waals surface area (Å²) in [6.45, 7) is 4.27.